The van der Waals surface area contributed by atoms with Crippen LogP contribution in [0.15, 0.2) is 30.3 Å². The lowest BCUT2D eigenvalue weighted by atomic mass is 10.0. The molecule has 1 aliphatic heterocycles. The standard InChI is InChI=1S/C23H33N5O6/c1-13(2)19(25)22(32)28-10-6-9-17(28)21(31)26-15(12-18(24)29)20(30)27-16(23(33)34)11-14-7-4-3-5-8-14/h3-5,7-8,13,15-17,19H,6,9-12,25H2,1-2H3,(H2,24,29)(H,26,31)(H,27,30)(H,33,34). The maximum absolute atomic E-state index is 13.0. The van der Waals surface area contributed by atoms with Crippen molar-refractivity contribution in [1.82, 2.24) is 15.5 Å². The zero-order chi connectivity index (χ0) is 25.4. The highest BCUT2D eigenvalue weighted by Crippen LogP contribution is 2.20. The normalized spacial score (nSPS) is 18.1. The van der Waals surface area contributed by atoms with Crippen molar-refractivity contribution in [3.05, 3.63) is 35.9 Å². The van der Waals surface area contributed by atoms with E-state index in [2.05, 4.69) is 10.6 Å². The number of carboxylic acid groups (broad SMARTS) is 1. The molecule has 186 valence electrons. The summed E-state index contributed by atoms with van der Waals surface area (Å²) in [6.07, 6.45) is 0.442. The van der Waals surface area contributed by atoms with Crippen LogP contribution in [-0.2, 0) is 30.4 Å². The number of carbonyl (C=O) groups excluding carboxylic acids is 4. The lowest BCUT2D eigenvalue weighted by Gasteiger charge is -2.29. The molecular weight excluding hydrogens is 442 g/mol. The lowest BCUT2D eigenvalue weighted by molar-refractivity contribution is -0.143. The van der Waals surface area contributed by atoms with Crippen LogP contribution in [0.5, 0.6) is 0 Å². The average Bonchev–Trinajstić information content (AvgIpc) is 3.27. The molecule has 7 N–H and O–H groups in total. The van der Waals surface area contributed by atoms with E-state index in [-0.39, 0.29) is 18.2 Å². The Hall–Kier alpha value is -3.47. The highest BCUT2D eigenvalue weighted by molar-refractivity contribution is 5.96. The fourth-order valence-electron chi connectivity index (χ4n) is 3.78. The molecule has 1 saturated heterocycles. The molecule has 4 unspecified atom stereocenters. The summed E-state index contributed by atoms with van der Waals surface area (Å²) in [5, 5.41) is 14.4. The predicted octanol–water partition coefficient (Wildman–Crippen LogP) is -0.867. The molecule has 1 aromatic carbocycles. The lowest BCUT2D eigenvalue weighted by Crippen LogP contribution is -2.57. The molecule has 1 fully saturated rings. The van der Waals surface area contributed by atoms with Gasteiger partial charge in [-0.15, -0.1) is 0 Å². The average molecular weight is 476 g/mol. The second-order valence-corrected chi connectivity index (χ2v) is 8.78. The Bertz CT molecular complexity index is 906. The van der Waals surface area contributed by atoms with Crippen molar-refractivity contribution >= 4 is 29.6 Å². The quantitative estimate of drug-likeness (QED) is 0.275. The summed E-state index contributed by atoms with van der Waals surface area (Å²) < 4.78 is 0. The third-order valence-corrected chi connectivity index (χ3v) is 5.78. The summed E-state index contributed by atoms with van der Waals surface area (Å²) in [6.45, 7) is 3.95. The Labute approximate surface area is 198 Å². The summed E-state index contributed by atoms with van der Waals surface area (Å²) >= 11 is 0. The van der Waals surface area contributed by atoms with E-state index >= 15 is 0 Å². The molecule has 1 aromatic rings. The Balaban J connectivity index is 2.12. The summed E-state index contributed by atoms with van der Waals surface area (Å²) in [4.78, 5) is 63.2. The molecular formula is C23H33N5O6. The minimum Gasteiger partial charge on any atom is -0.480 e. The number of primary amides is 1. The molecule has 0 saturated carbocycles. The van der Waals surface area contributed by atoms with Gasteiger partial charge in [0.15, 0.2) is 0 Å². The van der Waals surface area contributed by atoms with Crippen molar-refractivity contribution in [3.63, 3.8) is 0 Å². The molecule has 2 rings (SSSR count). The molecule has 0 aliphatic carbocycles. The van der Waals surface area contributed by atoms with E-state index in [9.17, 15) is 29.1 Å². The number of nitrogens with zero attached hydrogens (tertiary/aromatic N) is 1. The van der Waals surface area contributed by atoms with Crippen molar-refractivity contribution in [2.45, 2.75) is 63.7 Å². The number of hydrogen-bond donors (Lipinski definition) is 5. The van der Waals surface area contributed by atoms with Crippen molar-refractivity contribution in [2.24, 2.45) is 17.4 Å². The van der Waals surface area contributed by atoms with Gasteiger partial charge >= 0.3 is 5.97 Å². The number of nitrogens with one attached hydrogen (secondary N) is 2. The molecule has 34 heavy (non-hydrogen) atoms. The number of carbonyl (C=O) groups is 5. The summed E-state index contributed by atoms with van der Waals surface area (Å²) in [7, 11) is 0. The van der Waals surface area contributed by atoms with E-state index in [4.69, 9.17) is 11.5 Å². The Kier molecular flexibility index (Phi) is 9.55. The maximum Gasteiger partial charge on any atom is 0.326 e. The van der Waals surface area contributed by atoms with Crippen LogP contribution in [0.3, 0.4) is 0 Å². The first-order chi connectivity index (χ1) is 16.0. The van der Waals surface area contributed by atoms with Crippen molar-refractivity contribution in [2.75, 3.05) is 6.54 Å². The maximum atomic E-state index is 13.0. The molecule has 4 atom stereocenters. The number of hydrogen-bond acceptors (Lipinski definition) is 6. The van der Waals surface area contributed by atoms with Gasteiger partial charge in [0.1, 0.15) is 18.1 Å². The van der Waals surface area contributed by atoms with Crippen LogP contribution in [0.1, 0.15) is 38.7 Å². The fraction of sp³-hybridized carbons (Fsp3) is 0.522. The summed E-state index contributed by atoms with van der Waals surface area (Å²) in [5.41, 5.74) is 11.9. The van der Waals surface area contributed by atoms with Gasteiger partial charge in [0.05, 0.1) is 12.5 Å². The first kappa shape index (κ1) is 26.8. The van der Waals surface area contributed by atoms with Gasteiger partial charge < -0.3 is 32.1 Å². The van der Waals surface area contributed by atoms with E-state index in [1.165, 1.54) is 4.90 Å². The molecule has 4 amide bonds. The van der Waals surface area contributed by atoms with Crippen molar-refractivity contribution in [3.8, 4) is 0 Å². The van der Waals surface area contributed by atoms with E-state index in [1.807, 2.05) is 0 Å². The Morgan fingerprint density at radius 3 is 2.29 bits per heavy atom. The number of benzene rings is 1. The number of likely N-dealkylation sites (tertiary alicyclic amines) is 1. The van der Waals surface area contributed by atoms with Crippen LogP contribution >= 0.6 is 0 Å². The first-order valence-corrected chi connectivity index (χ1v) is 11.2. The minimum atomic E-state index is -1.39. The summed E-state index contributed by atoms with van der Waals surface area (Å²) in [5.74, 6) is -4.09. The monoisotopic (exact) mass is 475 g/mol. The van der Waals surface area contributed by atoms with Crippen LogP contribution in [0.4, 0.5) is 0 Å². The molecule has 1 heterocycles. The minimum absolute atomic E-state index is 0.0111. The van der Waals surface area contributed by atoms with Crippen molar-refractivity contribution < 1.29 is 29.1 Å². The molecule has 11 heteroatoms. The van der Waals surface area contributed by atoms with Gasteiger partial charge in [-0.2, -0.15) is 0 Å². The van der Waals surface area contributed by atoms with E-state index in [0.29, 0.717) is 24.9 Å². The zero-order valence-electron chi connectivity index (χ0n) is 19.4. The second-order valence-electron chi connectivity index (χ2n) is 8.78. The SMILES string of the molecule is CC(C)C(N)C(=O)N1CCCC1C(=O)NC(CC(N)=O)C(=O)NC(Cc1ccccc1)C(=O)O. The fourth-order valence-corrected chi connectivity index (χ4v) is 3.78. The predicted molar refractivity (Wildman–Crippen MR) is 123 cm³/mol. The topological polar surface area (TPSA) is 185 Å². The van der Waals surface area contributed by atoms with Gasteiger partial charge in [-0.3, -0.25) is 19.2 Å². The third-order valence-electron chi connectivity index (χ3n) is 5.78. The van der Waals surface area contributed by atoms with Gasteiger partial charge in [-0.05, 0) is 24.3 Å². The number of amides is 4. The zero-order valence-corrected chi connectivity index (χ0v) is 19.4. The van der Waals surface area contributed by atoms with Gasteiger partial charge in [0, 0.05) is 13.0 Å². The van der Waals surface area contributed by atoms with E-state index in [0.717, 1.165) is 0 Å². The van der Waals surface area contributed by atoms with E-state index < -0.39 is 54.3 Å². The van der Waals surface area contributed by atoms with Gasteiger partial charge in [-0.1, -0.05) is 44.2 Å². The van der Waals surface area contributed by atoms with Crippen LogP contribution in [-0.4, -0.2) is 70.3 Å². The smallest absolute Gasteiger partial charge is 0.326 e. The number of rotatable bonds is 11. The third kappa shape index (κ3) is 7.27. The Morgan fingerprint density at radius 2 is 1.74 bits per heavy atom. The van der Waals surface area contributed by atoms with Crippen LogP contribution < -0.4 is 22.1 Å². The molecule has 0 bridgehead atoms. The number of carboxylic acids is 1. The number of nitrogens with two attached hydrogens (primary N) is 2. The van der Waals surface area contributed by atoms with Gasteiger partial charge in [0.25, 0.3) is 0 Å². The molecule has 0 aromatic heterocycles. The van der Waals surface area contributed by atoms with Crippen LogP contribution in [0.25, 0.3) is 0 Å². The molecule has 0 radical (unpaired) electrons. The second kappa shape index (κ2) is 12.1. The molecule has 11 nitrogen and oxygen atoms in total. The summed E-state index contributed by atoms with van der Waals surface area (Å²) in [6, 6.07) is 4.41. The highest BCUT2D eigenvalue weighted by atomic mass is 16.4. The van der Waals surface area contributed by atoms with Gasteiger partial charge in [-0.25, -0.2) is 4.79 Å². The largest absolute Gasteiger partial charge is 0.480 e. The van der Waals surface area contributed by atoms with Gasteiger partial charge in [0.2, 0.25) is 23.6 Å². The first-order valence-electron chi connectivity index (χ1n) is 11.2. The molecule has 0 spiro atoms. The highest BCUT2D eigenvalue weighted by Gasteiger charge is 2.38. The van der Waals surface area contributed by atoms with E-state index in [1.54, 1.807) is 44.2 Å². The molecule has 1 aliphatic rings. The Morgan fingerprint density at radius 1 is 1.09 bits per heavy atom. The van der Waals surface area contributed by atoms with Crippen LogP contribution in [0, 0.1) is 5.92 Å². The van der Waals surface area contributed by atoms with Crippen molar-refractivity contribution in [1.29, 1.82) is 0 Å². The number of aliphatic carboxylic acids is 1. The van der Waals surface area contributed by atoms with Crippen LogP contribution in [0.2, 0.25) is 0 Å².